The van der Waals surface area contributed by atoms with Crippen LogP contribution in [0, 0.1) is 5.41 Å². The predicted molar refractivity (Wildman–Crippen MR) is 60.9 cm³/mol. The molecule has 0 radical (unpaired) electrons. The van der Waals surface area contributed by atoms with Gasteiger partial charge in [-0.05, 0) is 25.0 Å². The summed E-state index contributed by atoms with van der Waals surface area (Å²) in [5.41, 5.74) is -1.63. The number of piperidine rings is 1. The fourth-order valence-electron chi connectivity index (χ4n) is 2.24. The zero-order valence-electron chi connectivity index (χ0n) is 9.83. The minimum atomic E-state index is -1.63. The average molecular weight is 253 g/mol. The van der Waals surface area contributed by atoms with Crippen LogP contribution in [0.4, 0.5) is 0 Å². The molecule has 1 saturated heterocycles. The number of nitrogens with zero attached hydrogens (tertiary/aromatic N) is 1. The van der Waals surface area contributed by atoms with Crippen LogP contribution in [-0.4, -0.2) is 40.1 Å². The van der Waals surface area contributed by atoms with Gasteiger partial charge in [-0.15, -0.1) is 0 Å². The molecule has 0 unspecified atom stereocenters. The molecule has 1 aliphatic heterocycles. The lowest BCUT2D eigenvalue weighted by Crippen LogP contribution is -2.48. The van der Waals surface area contributed by atoms with Crippen LogP contribution >= 0.6 is 0 Å². The van der Waals surface area contributed by atoms with Gasteiger partial charge in [0.15, 0.2) is 5.41 Å². The summed E-state index contributed by atoms with van der Waals surface area (Å²) in [6.45, 7) is 1.47. The molecule has 1 aliphatic rings. The Balaban J connectivity index is 1.98. The molecule has 0 saturated carbocycles. The van der Waals surface area contributed by atoms with Crippen LogP contribution in [0.2, 0.25) is 0 Å². The van der Waals surface area contributed by atoms with E-state index in [1.165, 1.54) is 0 Å². The molecule has 0 atom stereocenters. The van der Waals surface area contributed by atoms with E-state index in [-0.39, 0.29) is 12.8 Å². The summed E-state index contributed by atoms with van der Waals surface area (Å²) in [6, 6.07) is 3.63. The predicted octanol–water partition coefficient (Wildman–Crippen LogP) is 1.03. The Morgan fingerprint density at radius 3 is 2.33 bits per heavy atom. The van der Waals surface area contributed by atoms with Crippen molar-refractivity contribution >= 4 is 11.9 Å². The lowest BCUT2D eigenvalue weighted by Gasteiger charge is -2.35. The maximum absolute atomic E-state index is 11.1. The summed E-state index contributed by atoms with van der Waals surface area (Å²) in [7, 11) is 0. The fourth-order valence-corrected chi connectivity index (χ4v) is 2.24. The molecule has 0 aromatic carbocycles. The Hall–Kier alpha value is -1.82. The molecule has 0 amide bonds. The van der Waals surface area contributed by atoms with Crippen LogP contribution in [0.3, 0.4) is 0 Å². The van der Waals surface area contributed by atoms with Gasteiger partial charge in [0.2, 0.25) is 0 Å². The van der Waals surface area contributed by atoms with E-state index < -0.39 is 17.4 Å². The molecule has 2 N–H and O–H groups in total. The van der Waals surface area contributed by atoms with Crippen molar-refractivity contribution in [3.8, 4) is 0 Å². The van der Waals surface area contributed by atoms with Gasteiger partial charge < -0.3 is 14.6 Å². The second-order valence-corrected chi connectivity index (χ2v) is 4.55. The van der Waals surface area contributed by atoms with E-state index in [1.54, 1.807) is 12.3 Å². The van der Waals surface area contributed by atoms with E-state index in [0.717, 1.165) is 5.76 Å². The van der Waals surface area contributed by atoms with Gasteiger partial charge in [-0.2, -0.15) is 0 Å². The maximum Gasteiger partial charge on any atom is 0.321 e. The number of hydrogen-bond donors (Lipinski definition) is 2. The van der Waals surface area contributed by atoms with Crippen LogP contribution in [0.15, 0.2) is 22.8 Å². The van der Waals surface area contributed by atoms with Crippen LogP contribution in [0.25, 0.3) is 0 Å². The summed E-state index contributed by atoms with van der Waals surface area (Å²) in [6.07, 6.45) is 1.83. The number of carboxylic acid groups (broad SMARTS) is 2. The molecular formula is C12H15NO5. The third-order valence-electron chi connectivity index (χ3n) is 3.49. The highest BCUT2D eigenvalue weighted by Crippen LogP contribution is 2.32. The van der Waals surface area contributed by atoms with Gasteiger partial charge in [0.1, 0.15) is 5.76 Å². The van der Waals surface area contributed by atoms with Crippen molar-refractivity contribution in [3.05, 3.63) is 24.2 Å². The van der Waals surface area contributed by atoms with Gasteiger partial charge in [0.05, 0.1) is 12.8 Å². The molecule has 1 aromatic rings. The third-order valence-corrected chi connectivity index (χ3v) is 3.49. The first-order chi connectivity index (χ1) is 8.54. The molecule has 1 fully saturated rings. The summed E-state index contributed by atoms with van der Waals surface area (Å²) in [4.78, 5) is 24.3. The monoisotopic (exact) mass is 253 g/mol. The Kier molecular flexibility index (Phi) is 3.38. The number of aliphatic carboxylic acids is 2. The molecule has 1 aromatic heterocycles. The van der Waals surface area contributed by atoms with Gasteiger partial charge >= 0.3 is 11.9 Å². The molecule has 2 rings (SSSR count). The van der Waals surface area contributed by atoms with E-state index >= 15 is 0 Å². The molecule has 18 heavy (non-hydrogen) atoms. The Labute approximate surface area is 104 Å². The third kappa shape index (κ3) is 2.24. The zero-order chi connectivity index (χ0) is 13.2. The second-order valence-electron chi connectivity index (χ2n) is 4.55. The second kappa shape index (κ2) is 4.81. The first-order valence-electron chi connectivity index (χ1n) is 5.76. The lowest BCUT2D eigenvalue weighted by molar-refractivity contribution is -0.168. The van der Waals surface area contributed by atoms with Crippen molar-refractivity contribution in [3.63, 3.8) is 0 Å². The molecule has 6 nitrogen and oxygen atoms in total. The Morgan fingerprint density at radius 1 is 1.28 bits per heavy atom. The van der Waals surface area contributed by atoms with Gasteiger partial charge in [-0.1, -0.05) is 0 Å². The molecule has 0 bridgehead atoms. The average Bonchev–Trinajstić information content (AvgIpc) is 2.82. The Morgan fingerprint density at radius 2 is 1.89 bits per heavy atom. The normalized spacial score (nSPS) is 19.6. The summed E-state index contributed by atoms with van der Waals surface area (Å²) >= 11 is 0. The quantitative estimate of drug-likeness (QED) is 0.779. The number of furan rings is 1. The minimum Gasteiger partial charge on any atom is -0.480 e. The van der Waals surface area contributed by atoms with Gasteiger partial charge in [-0.3, -0.25) is 14.5 Å². The van der Waals surface area contributed by atoms with Crippen molar-refractivity contribution < 1.29 is 24.2 Å². The largest absolute Gasteiger partial charge is 0.480 e. The van der Waals surface area contributed by atoms with Gasteiger partial charge in [0, 0.05) is 13.1 Å². The molecule has 2 heterocycles. The van der Waals surface area contributed by atoms with Crippen molar-refractivity contribution in [1.29, 1.82) is 0 Å². The minimum absolute atomic E-state index is 0.123. The van der Waals surface area contributed by atoms with Crippen molar-refractivity contribution in [2.24, 2.45) is 5.41 Å². The first-order valence-corrected chi connectivity index (χ1v) is 5.76. The lowest BCUT2D eigenvalue weighted by atomic mass is 9.78. The van der Waals surface area contributed by atoms with Crippen molar-refractivity contribution in [1.82, 2.24) is 4.90 Å². The maximum atomic E-state index is 11.1. The zero-order valence-corrected chi connectivity index (χ0v) is 9.83. The molecule has 0 spiro atoms. The van der Waals surface area contributed by atoms with E-state index in [9.17, 15) is 9.59 Å². The molecule has 6 heteroatoms. The molecule has 0 aliphatic carbocycles. The first kappa shape index (κ1) is 12.6. The van der Waals surface area contributed by atoms with E-state index in [2.05, 4.69) is 0 Å². The van der Waals surface area contributed by atoms with Gasteiger partial charge in [0.25, 0.3) is 0 Å². The standard InChI is InChI=1S/C12H15NO5/c14-10(15)12(11(16)17)3-5-13(6-4-12)8-9-2-1-7-18-9/h1-2,7H,3-6,8H2,(H,14,15)(H,16,17). The van der Waals surface area contributed by atoms with Crippen LogP contribution < -0.4 is 0 Å². The summed E-state index contributed by atoms with van der Waals surface area (Å²) in [5, 5.41) is 18.2. The Bertz CT molecular complexity index is 415. The van der Waals surface area contributed by atoms with E-state index in [1.807, 2.05) is 11.0 Å². The fraction of sp³-hybridized carbons (Fsp3) is 0.500. The number of carboxylic acids is 2. The summed E-state index contributed by atoms with van der Waals surface area (Å²) < 4.78 is 5.21. The van der Waals surface area contributed by atoms with E-state index in [4.69, 9.17) is 14.6 Å². The van der Waals surface area contributed by atoms with E-state index in [0.29, 0.717) is 19.6 Å². The number of rotatable bonds is 4. The number of hydrogen-bond acceptors (Lipinski definition) is 4. The highest BCUT2D eigenvalue weighted by atomic mass is 16.4. The van der Waals surface area contributed by atoms with Crippen molar-refractivity contribution in [2.45, 2.75) is 19.4 Å². The topological polar surface area (TPSA) is 91.0 Å². The summed E-state index contributed by atoms with van der Waals surface area (Å²) in [5.74, 6) is -1.69. The van der Waals surface area contributed by atoms with Gasteiger partial charge in [-0.25, -0.2) is 0 Å². The van der Waals surface area contributed by atoms with Crippen molar-refractivity contribution in [2.75, 3.05) is 13.1 Å². The smallest absolute Gasteiger partial charge is 0.321 e. The number of carbonyl (C=O) groups is 2. The highest BCUT2D eigenvalue weighted by Gasteiger charge is 2.48. The molecular weight excluding hydrogens is 238 g/mol. The van der Waals surface area contributed by atoms with Crippen LogP contribution in [0.1, 0.15) is 18.6 Å². The molecule has 98 valence electrons. The van der Waals surface area contributed by atoms with Crippen LogP contribution in [-0.2, 0) is 16.1 Å². The van der Waals surface area contributed by atoms with Crippen LogP contribution in [0.5, 0.6) is 0 Å². The number of likely N-dealkylation sites (tertiary alicyclic amines) is 1. The highest BCUT2D eigenvalue weighted by molar-refractivity contribution is 5.98. The SMILES string of the molecule is O=C(O)C1(C(=O)O)CCN(Cc2ccco2)CC1.